The van der Waals surface area contributed by atoms with Crippen LogP contribution in [0.15, 0.2) is 42.5 Å². The smallest absolute Gasteiger partial charge is 0.224 e. The normalized spacial score (nSPS) is 11.5. The molecule has 136 valence electrons. The van der Waals surface area contributed by atoms with Crippen molar-refractivity contribution in [1.29, 1.82) is 5.26 Å². The van der Waals surface area contributed by atoms with Crippen LogP contribution >= 0.6 is 0 Å². The van der Waals surface area contributed by atoms with Crippen LogP contribution in [0.25, 0.3) is 0 Å². The number of nitriles is 1. The average Bonchev–Trinajstić information content (AvgIpc) is 2.62. The van der Waals surface area contributed by atoms with Crippen LogP contribution in [0.1, 0.15) is 49.8 Å². The Kier molecular flexibility index (Phi) is 7.23. The molecule has 0 saturated carbocycles. The van der Waals surface area contributed by atoms with E-state index in [2.05, 4.69) is 25.2 Å². The highest BCUT2D eigenvalue weighted by Crippen LogP contribution is 2.23. The molecule has 0 aliphatic rings. The first-order valence-corrected chi connectivity index (χ1v) is 9.04. The Morgan fingerprint density at radius 3 is 2.77 bits per heavy atom. The van der Waals surface area contributed by atoms with Gasteiger partial charge in [0, 0.05) is 12.1 Å². The molecule has 4 nitrogen and oxygen atoms in total. The lowest BCUT2D eigenvalue weighted by molar-refractivity contribution is -0.117. The third kappa shape index (κ3) is 5.93. The molecule has 0 spiro atoms. The molecule has 4 heteroatoms. The molecule has 1 N–H and O–H groups in total. The van der Waals surface area contributed by atoms with Gasteiger partial charge in [0.15, 0.2) is 0 Å². The highest BCUT2D eigenvalue weighted by molar-refractivity contribution is 5.91. The van der Waals surface area contributed by atoms with Crippen LogP contribution < -0.4 is 10.1 Å². The molecule has 1 atom stereocenters. The summed E-state index contributed by atoms with van der Waals surface area (Å²) in [6.45, 7) is 6.59. The predicted molar refractivity (Wildman–Crippen MR) is 104 cm³/mol. The van der Waals surface area contributed by atoms with Crippen LogP contribution in [0.4, 0.5) is 5.69 Å². The number of nitrogens with zero attached hydrogens (tertiary/aromatic N) is 1. The summed E-state index contributed by atoms with van der Waals surface area (Å²) >= 11 is 0. The average molecular weight is 350 g/mol. The minimum Gasteiger partial charge on any atom is -0.489 e. The zero-order valence-electron chi connectivity index (χ0n) is 15.7. The van der Waals surface area contributed by atoms with Gasteiger partial charge in [-0.05, 0) is 54.3 Å². The monoisotopic (exact) mass is 350 g/mol. The largest absolute Gasteiger partial charge is 0.489 e. The van der Waals surface area contributed by atoms with Crippen molar-refractivity contribution in [2.75, 3.05) is 5.32 Å². The van der Waals surface area contributed by atoms with Crippen molar-refractivity contribution in [1.82, 2.24) is 0 Å². The first-order valence-electron chi connectivity index (χ1n) is 9.04. The number of ether oxygens (including phenoxy) is 1. The standard InChI is InChI=1S/C22H26N2O2/c1-4-6-16(2)11-22(25)24-21-10-9-20(12-17(21)3)26-15-19-8-5-7-18(13-19)14-23/h5,7-10,12-13,16H,4,6,11,15H2,1-3H3,(H,24,25). The topological polar surface area (TPSA) is 62.1 Å². The van der Waals surface area contributed by atoms with E-state index in [1.54, 1.807) is 6.07 Å². The molecule has 0 radical (unpaired) electrons. The van der Waals surface area contributed by atoms with Crippen LogP contribution in [0.5, 0.6) is 5.75 Å². The fourth-order valence-corrected chi connectivity index (χ4v) is 2.88. The Morgan fingerprint density at radius 1 is 1.27 bits per heavy atom. The minimum absolute atomic E-state index is 0.0519. The van der Waals surface area contributed by atoms with Crippen molar-refractivity contribution in [3.05, 3.63) is 59.2 Å². The summed E-state index contributed by atoms with van der Waals surface area (Å²) in [5.41, 5.74) is 3.35. The van der Waals surface area contributed by atoms with Gasteiger partial charge in [-0.25, -0.2) is 0 Å². The van der Waals surface area contributed by atoms with Crippen molar-refractivity contribution < 1.29 is 9.53 Å². The van der Waals surface area contributed by atoms with E-state index in [0.29, 0.717) is 24.5 Å². The van der Waals surface area contributed by atoms with Crippen molar-refractivity contribution in [3.8, 4) is 11.8 Å². The van der Waals surface area contributed by atoms with E-state index >= 15 is 0 Å². The van der Waals surface area contributed by atoms with E-state index in [-0.39, 0.29) is 5.91 Å². The Morgan fingerprint density at radius 2 is 2.08 bits per heavy atom. The van der Waals surface area contributed by atoms with E-state index < -0.39 is 0 Å². The van der Waals surface area contributed by atoms with Crippen LogP contribution in [-0.2, 0) is 11.4 Å². The van der Waals surface area contributed by atoms with Gasteiger partial charge in [0.1, 0.15) is 12.4 Å². The summed E-state index contributed by atoms with van der Waals surface area (Å²) in [6, 6.07) is 15.1. The molecule has 0 saturated heterocycles. The Balaban J connectivity index is 1.94. The molecular formula is C22H26N2O2. The van der Waals surface area contributed by atoms with Gasteiger partial charge in [0.05, 0.1) is 11.6 Å². The van der Waals surface area contributed by atoms with Gasteiger partial charge in [-0.2, -0.15) is 5.26 Å². The van der Waals surface area contributed by atoms with Crippen molar-refractivity contribution >= 4 is 11.6 Å². The van der Waals surface area contributed by atoms with Gasteiger partial charge in [-0.15, -0.1) is 0 Å². The van der Waals surface area contributed by atoms with E-state index in [0.717, 1.165) is 35.4 Å². The number of carbonyl (C=O) groups excluding carboxylic acids is 1. The van der Waals surface area contributed by atoms with E-state index in [9.17, 15) is 4.79 Å². The lowest BCUT2D eigenvalue weighted by atomic mass is 10.0. The van der Waals surface area contributed by atoms with E-state index in [1.165, 1.54) is 0 Å². The van der Waals surface area contributed by atoms with Gasteiger partial charge >= 0.3 is 0 Å². The van der Waals surface area contributed by atoms with Crippen molar-refractivity contribution in [2.24, 2.45) is 5.92 Å². The second kappa shape index (κ2) is 9.62. The number of amides is 1. The molecule has 26 heavy (non-hydrogen) atoms. The maximum atomic E-state index is 12.1. The van der Waals surface area contributed by atoms with Crippen molar-refractivity contribution in [3.63, 3.8) is 0 Å². The number of aryl methyl sites for hydroxylation is 1. The molecule has 0 aliphatic carbocycles. The van der Waals surface area contributed by atoms with Crippen LogP contribution in [0.3, 0.4) is 0 Å². The highest BCUT2D eigenvalue weighted by atomic mass is 16.5. The van der Waals surface area contributed by atoms with Crippen LogP contribution in [0, 0.1) is 24.2 Å². The Labute approximate surface area is 155 Å². The zero-order valence-corrected chi connectivity index (χ0v) is 15.7. The maximum Gasteiger partial charge on any atom is 0.224 e. The molecule has 0 aliphatic heterocycles. The summed E-state index contributed by atoms with van der Waals surface area (Å²) in [7, 11) is 0. The van der Waals surface area contributed by atoms with Gasteiger partial charge < -0.3 is 10.1 Å². The molecule has 0 bridgehead atoms. The second-order valence-electron chi connectivity index (χ2n) is 6.72. The number of hydrogen-bond acceptors (Lipinski definition) is 3. The summed E-state index contributed by atoms with van der Waals surface area (Å²) < 4.78 is 5.81. The van der Waals surface area contributed by atoms with E-state index in [1.807, 2.05) is 43.3 Å². The molecular weight excluding hydrogens is 324 g/mol. The summed E-state index contributed by atoms with van der Waals surface area (Å²) in [5, 5.41) is 11.9. The summed E-state index contributed by atoms with van der Waals surface area (Å²) in [6.07, 6.45) is 2.70. The Bertz CT molecular complexity index is 793. The number of hydrogen-bond donors (Lipinski definition) is 1. The van der Waals surface area contributed by atoms with Crippen LogP contribution in [-0.4, -0.2) is 5.91 Å². The molecule has 2 rings (SSSR count). The fourth-order valence-electron chi connectivity index (χ4n) is 2.88. The van der Waals surface area contributed by atoms with E-state index in [4.69, 9.17) is 10.00 Å². The molecule has 1 unspecified atom stereocenters. The zero-order chi connectivity index (χ0) is 18.9. The second-order valence-corrected chi connectivity index (χ2v) is 6.72. The fraction of sp³-hybridized carbons (Fsp3) is 0.364. The lowest BCUT2D eigenvalue weighted by Gasteiger charge is -2.13. The summed E-state index contributed by atoms with van der Waals surface area (Å²) in [5.74, 6) is 1.19. The highest BCUT2D eigenvalue weighted by Gasteiger charge is 2.10. The Hall–Kier alpha value is -2.80. The van der Waals surface area contributed by atoms with Gasteiger partial charge in [-0.3, -0.25) is 4.79 Å². The minimum atomic E-state index is 0.0519. The third-order valence-electron chi connectivity index (χ3n) is 4.25. The first kappa shape index (κ1) is 19.5. The number of benzene rings is 2. The quantitative estimate of drug-likeness (QED) is 0.711. The molecule has 2 aromatic carbocycles. The molecule has 1 amide bonds. The maximum absolute atomic E-state index is 12.1. The molecule has 2 aromatic rings. The SMILES string of the molecule is CCCC(C)CC(=O)Nc1ccc(OCc2cccc(C#N)c2)cc1C. The predicted octanol–water partition coefficient (Wildman–Crippen LogP) is 5.21. The summed E-state index contributed by atoms with van der Waals surface area (Å²) in [4.78, 5) is 12.1. The molecule has 0 aromatic heterocycles. The lowest BCUT2D eigenvalue weighted by Crippen LogP contribution is -2.15. The molecule has 0 heterocycles. The number of nitrogens with one attached hydrogen (secondary N) is 1. The number of anilines is 1. The van der Waals surface area contributed by atoms with Gasteiger partial charge in [-0.1, -0.05) is 38.8 Å². The van der Waals surface area contributed by atoms with Crippen LogP contribution in [0.2, 0.25) is 0 Å². The number of carbonyl (C=O) groups is 1. The molecule has 0 fully saturated rings. The van der Waals surface area contributed by atoms with Gasteiger partial charge in [0.2, 0.25) is 5.91 Å². The van der Waals surface area contributed by atoms with Crippen molar-refractivity contribution in [2.45, 2.75) is 46.6 Å². The number of rotatable bonds is 8. The third-order valence-corrected chi connectivity index (χ3v) is 4.25. The first-order chi connectivity index (χ1) is 12.5. The van der Waals surface area contributed by atoms with Gasteiger partial charge in [0.25, 0.3) is 0 Å².